The summed E-state index contributed by atoms with van der Waals surface area (Å²) in [6.07, 6.45) is 4.19. The van der Waals surface area contributed by atoms with Crippen molar-refractivity contribution in [3.63, 3.8) is 0 Å². The Labute approximate surface area is 97.9 Å². The van der Waals surface area contributed by atoms with Gasteiger partial charge in [-0.25, -0.2) is 4.98 Å². The first-order valence-electron chi connectivity index (χ1n) is 6.26. The van der Waals surface area contributed by atoms with Gasteiger partial charge in [0.25, 0.3) is 0 Å². The molecule has 0 amide bonds. The lowest BCUT2D eigenvalue weighted by Crippen LogP contribution is -2.50. The maximum atomic E-state index is 4.48. The summed E-state index contributed by atoms with van der Waals surface area (Å²) in [5, 5.41) is 3.53. The average molecular weight is 219 g/mol. The van der Waals surface area contributed by atoms with Crippen LogP contribution in [0.2, 0.25) is 0 Å². The number of hydrogen-bond donors (Lipinski definition) is 1. The van der Waals surface area contributed by atoms with Crippen molar-refractivity contribution in [3.8, 4) is 0 Å². The molecule has 0 bridgehead atoms. The Balaban J connectivity index is 2.10. The van der Waals surface area contributed by atoms with Crippen molar-refractivity contribution >= 4 is 5.82 Å². The summed E-state index contributed by atoms with van der Waals surface area (Å²) in [5.41, 5.74) is 1.37. The smallest absolute Gasteiger partial charge is 0.128 e. The Bertz CT molecular complexity index is 338. The first-order valence-corrected chi connectivity index (χ1v) is 6.26. The van der Waals surface area contributed by atoms with Gasteiger partial charge in [-0.05, 0) is 30.5 Å². The third kappa shape index (κ3) is 2.53. The molecule has 1 aliphatic heterocycles. The van der Waals surface area contributed by atoms with E-state index in [9.17, 15) is 0 Å². The molecule has 1 fully saturated rings. The summed E-state index contributed by atoms with van der Waals surface area (Å²) < 4.78 is 0. The van der Waals surface area contributed by atoms with Crippen molar-refractivity contribution in [1.29, 1.82) is 0 Å². The van der Waals surface area contributed by atoms with Crippen molar-refractivity contribution < 1.29 is 0 Å². The Hall–Kier alpha value is -1.09. The zero-order chi connectivity index (χ0) is 11.4. The molecule has 0 aromatic carbocycles. The molecule has 1 saturated heterocycles. The van der Waals surface area contributed by atoms with Crippen molar-refractivity contribution in [2.75, 3.05) is 24.5 Å². The Morgan fingerprint density at radius 2 is 2.38 bits per heavy atom. The van der Waals surface area contributed by atoms with Gasteiger partial charge in [-0.2, -0.15) is 0 Å². The number of piperazine rings is 1. The van der Waals surface area contributed by atoms with E-state index >= 15 is 0 Å². The second-order valence-corrected chi connectivity index (χ2v) is 4.38. The maximum absolute atomic E-state index is 4.48. The highest BCUT2D eigenvalue weighted by Gasteiger charge is 2.18. The molecule has 1 aromatic heterocycles. The minimum atomic E-state index is 0.612. The van der Waals surface area contributed by atoms with E-state index in [1.54, 1.807) is 0 Å². The van der Waals surface area contributed by atoms with Gasteiger partial charge in [-0.3, -0.25) is 0 Å². The molecule has 2 rings (SSSR count). The maximum Gasteiger partial charge on any atom is 0.128 e. The van der Waals surface area contributed by atoms with Crippen molar-refractivity contribution in [3.05, 3.63) is 23.9 Å². The van der Waals surface area contributed by atoms with Crippen LogP contribution >= 0.6 is 0 Å². The summed E-state index contributed by atoms with van der Waals surface area (Å²) in [5.74, 6) is 1.14. The number of rotatable bonds is 3. The van der Waals surface area contributed by atoms with Gasteiger partial charge >= 0.3 is 0 Å². The van der Waals surface area contributed by atoms with Gasteiger partial charge < -0.3 is 10.2 Å². The molecule has 0 spiro atoms. The fourth-order valence-electron chi connectivity index (χ4n) is 2.16. The minimum Gasteiger partial charge on any atom is -0.354 e. The number of pyridine rings is 1. The molecule has 88 valence electrons. The third-order valence-electron chi connectivity index (χ3n) is 3.29. The molecule has 1 N–H and O–H groups in total. The highest BCUT2D eigenvalue weighted by Crippen LogP contribution is 2.15. The highest BCUT2D eigenvalue weighted by molar-refractivity contribution is 5.41. The van der Waals surface area contributed by atoms with Crippen LogP contribution in [0.3, 0.4) is 0 Å². The molecule has 1 atom stereocenters. The van der Waals surface area contributed by atoms with Gasteiger partial charge in [-0.1, -0.05) is 13.8 Å². The minimum absolute atomic E-state index is 0.612. The topological polar surface area (TPSA) is 28.2 Å². The molecule has 0 aliphatic carbocycles. The quantitative estimate of drug-likeness (QED) is 0.840. The number of hydrogen-bond acceptors (Lipinski definition) is 3. The monoisotopic (exact) mass is 219 g/mol. The molecule has 1 unspecified atom stereocenters. The normalized spacial score (nSPS) is 21.1. The Morgan fingerprint density at radius 3 is 3.12 bits per heavy atom. The fraction of sp³-hybridized carbons (Fsp3) is 0.615. The molecule has 3 nitrogen and oxygen atoms in total. The van der Waals surface area contributed by atoms with E-state index in [1.165, 1.54) is 12.0 Å². The average Bonchev–Trinajstić information content (AvgIpc) is 2.39. The number of nitrogens with one attached hydrogen (secondary N) is 1. The first-order chi connectivity index (χ1) is 7.83. The van der Waals surface area contributed by atoms with Crippen LogP contribution < -0.4 is 10.2 Å². The molecule has 0 saturated carbocycles. The number of aromatic nitrogens is 1. The van der Waals surface area contributed by atoms with E-state index in [1.807, 2.05) is 6.20 Å². The summed E-state index contributed by atoms with van der Waals surface area (Å²) in [4.78, 5) is 6.87. The third-order valence-corrected chi connectivity index (χ3v) is 3.29. The summed E-state index contributed by atoms with van der Waals surface area (Å²) in [6.45, 7) is 7.63. The zero-order valence-corrected chi connectivity index (χ0v) is 10.2. The van der Waals surface area contributed by atoms with Crippen LogP contribution in [-0.4, -0.2) is 30.7 Å². The lowest BCUT2D eigenvalue weighted by molar-refractivity contribution is 0.445. The van der Waals surface area contributed by atoms with Gasteiger partial charge in [0, 0.05) is 31.9 Å². The van der Waals surface area contributed by atoms with Gasteiger partial charge in [0.1, 0.15) is 5.82 Å². The molecule has 0 radical (unpaired) electrons. The highest BCUT2D eigenvalue weighted by atomic mass is 15.2. The van der Waals surface area contributed by atoms with E-state index in [0.29, 0.717) is 6.04 Å². The lowest BCUT2D eigenvalue weighted by atomic mass is 10.1. The number of anilines is 1. The second-order valence-electron chi connectivity index (χ2n) is 4.38. The molecule has 2 heterocycles. The van der Waals surface area contributed by atoms with E-state index in [4.69, 9.17) is 0 Å². The van der Waals surface area contributed by atoms with E-state index in [-0.39, 0.29) is 0 Å². The van der Waals surface area contributed by atoms with Crippen molar-refractivity contribution in [2.45, 2.75) is 32.7 Å². The Kier molecular flexibility index (Phi) is 3.78. The molecular formula is C13H21N3. The molecule has 3 heteroatoms. The lowest BCUT2D eigenvalue weighted by Gasteiger charge is -2.34. The van der Waals surface area contributed by atoms with Gasteiger partial charge in [0.2, 0.25) is 0 Å². The summed E-state index contributed by atoms with van der Waals surface area (Å²) >= 11 is 0. The van der Waals surface area contributed by atoms with Crippen molar-refractivity contribution in [1.82, 2.24) is 10.3 Å². The summed E-state index contributed by atoms with van der Waals surface area (Å²) in [6, 6.07) is 4.93. The zero-order valence-electron chi connectivity index (χ0n) is 10.2. The molecule has 16 heavy (non-hydrogen) atoms. The van der Waals surface area contributed by atoms with Crippen LogP contribution in [0.25, 0.3) is 0 Å². The van der Waals surface area contributed by atoms with Crippen LogP contribution in [0.4, 0.5) is 5.82 Å². The Morgan fingerprint density at radius 1 is 1.50 bits per heavy atom. The largest absolute Gasteiger partial charge is 0.354 e. The molecular weight excluding hydrogens is 198 g/mol. The van der Waals surface area contributed by atoms with Crippen LogP contribution in [0, 0.1) is 0 Å². The first kappa shape index (κ1) is 11.4. The van der Waals surface area contributed by atoms with E-state index in [2.05, 4.69) is 41.2 Å². The van der Waals surface area contributed by atoms with Gasteiger partial charge in [0.05, 0.1) is 0 Å². The second kappa shape index (κ2) is 5.30. The predicted molar refractivity (Wildman–Crippen MR) is 67.9 cm³/mol. The van der Waals surface area contributed by atoms with Crippen LogP contribution in [0.5, 0.6) is 0 Å². The van der Waals surface area contributed by atoms with Crippen LogP contribution in [-0.2, 0) is 6.42 Å². The van der Waals surface area contributed by atoms with Crippen LogP contribution in [0.1, 0.15) is 25.8 Å². The van der Waals surface area contributed by atoms with E-state index < -0.39 is 0 Å². The van der Waals surface area contributed by atoms with Gasteiger partial charge in [-0.15, -0.1) is 0 Å². The number of aryl methyl sites for hydroxylation is 1. The van der Waals surface area contributed by atoms with Crippen LogP contribution in [0.15, 0.2) is 18.3 Å². The van der Waals surface area contributed by atoms with Crippen molar-refractivity contribution in [2.24, 2.45) is 0 Å². The molecule has 1 aliphatic rings. The van der Waals surface area contributed by atoms with Gasteiger partial charge in [0.15, 0.2) is 0 Å². The standard InChI is InChI=1S/C13H21N3/c1-3-11-5-6-15-13(9-11)16-8-7-14-12(4-2)10-16/h5-6,9,12,14H,3-4,7-8,10H2,1-2H3. The van der Waals surface area contributed by atoms with E-state index in [0.717, 1.165) is 31.9 Å². The summed E-state index contributed by atoms with van der Waals surface area (Å²) in [7, 11) is 0. The molecule has 1 aromatic rings. The SMILES string of the molecule is CCc1ccnc(N2CCNC(CC)C2)c1. The number of nitrogens with zero attached hydrogens (tertiary/aromatic N) is 2. The predicted octanol–water partition coefficient (Wildman–Crippen LogP) is 1.83. The fourth-order valence-corrected chi connectivity index (χ4v) is 2.16.